The summed E-state index contributed by atoms with van der Waals surface area (Å²) in [6.07, 6.45) is 2.44. The Balaban J connectivity index is 2.74. The van der Waals surface area contributed by atoms with E-state index in [0.29, 0.717) is 85.1 Å². The minimum atomic E-state index is -0.467. The van der Waals surface area contributed by atoms with Crippen LogP contribution in [0.4, 0.5) is 0 Å². The van der Waals surface area contributed by atoms with Gasteiger partial charge in [-0.15, -0.1) is 0 Å². The number of hydrogen-bond acceptors (Lipinski definition) is 9. The molecule has 0 atom stereocenters. The fraction of sp³-hybridized carbons (Fsp3) is 0.654. The third-order valence-electron chi connectivity index (χ3n) is 4.86. The molecule has 1 rings (SSSR count). The highest BCUT2D eigenvalue weighted by molar-refractivity contribution is 5.66. The first-order chi connectivity index (χ1) is 16.8. The van der Waals surface area contributed by atoms with Crippen molar-refractivity contribution in [1.29, 1.82) is 0 Å². The van der Waals surface area contributed by atoms with E-state index in [1.165, 1.54) is 20.8 Å². The molecular formula is C26H40O9. The second-order valence-corrected chi connectivity index (χ2v) is 8.40. The number of hydrogen-bond donors (Lipinski definition) is 0. The summed E-state index contributed by atoms with van der Waals surface area (Å²) in [7, 11) is 0. The van der Waals surface area contributed by atoms with Crippen molar-refractivity contribution in [3.8, 4) is 0 Å². The Kier molecular flexibility index (Phi) is 16.4. The zero-order valence-corrected chi connectivity index (χ0v) is 21.3. The van der Waals surface area contributed by atoms with Gasteiger partial charge in [0, 0.05) is 65.3 Å². The first kappa shape index (κ1) is 30.5. The Hall–Kier alpha value is -2.49. The molecule has 0 radical (unpaired) electrons. The molecule has 0 saturated heterocycles. The lowest BCUT2D eigenvalue weighted by atomic mass is 9.83. The Morgan fingerprint density at radius 1 is 0.600 bits per heavy atom. The zero-order valence-electron chi connectivity index (χ0n) is 21.3. The van der Waals surface area contributed by atoms with Gasteiger partial charge in [-0.25, -0.2) is 0 Å². The molecule has 9 nitrogen and oxygen atoms in total. The number of benzene rings is 1. The maximum absolute atomic E-state index is 10.9. The lowest BCUT2D eigenvalue weighted by Crippen LogP contribution is -2.40. The molecule has 0 aliphatic heterocycles. The van der Waals surface area contributed by atoms with Crippen molar-refractivity contribution < 1.29 is 42.8 Å². The molecule has 0 N–H and O–H groups in total. The van der Waals surface area contributed by atoms with Crippen LogP contribution in [0.5, 0.6) is 0 Å². The Bertz CT molecular complexity index is 656. The highest BCUT2D eigenvalue weighted by Crippen LogP contribution is 2.26. The van der Waals surface area contributed by atoms with Gasteiger partial charge in [0.2, 0.25) is 0 Å². The number of rotatable bonds is 20. The predicted octanol–water partition coefficient (Wildman–Crippen LogP) is 3.12. The maximum atomic E-state index is 10.9. The molecule has 0 fully saturated rings. The molecule has 1 aromatic rings. The Labute approximate surface area is 208 Å². The van der Waals surface area contributed by atoms with Gasteiger partial charge >= 0.3 is 17.9 Å². The van der Waals surface area contributed by atoms with Gasteiger partial charge in [0.05, 0.1) is 39.6 Å². The van der Waals surface area contributed by atoms with E-state index < -0.39 is 5.41 Å². The largest absolute Gasteiger partial charge is 0.466 e. The average Bonchev–Trinajstić information content (AvgIpc) is 2.81. The summed E-state index contributed by atoms with van der Waals surface area (Å²) in [6.45, 7) is 7.51. The van der Waals surface area contributed by atoms with Gasteiger partial charge < -0.3 is 28.4 Å². The molecule has 1 aromatic carbocycles. The fourth-order valence-corrected chi connectivity index (χ4v) is 3.30. The topological polar surface area (TPSA) is 107 Å². The molecule has 0 aliphatic carbocycles. The molecule has 0 spiro atoms. The molecule has 0 aliphatic rings. The Morgan fingerprint density at radius 2 is 0.971 bits per heavy atom. The van der Waals surface area contributed by atoms with Crippen molar-refractivity contribution in [3.63, 3.8) is 0 Å². The van der Waals surface area contributed by atoms with Gasteiger partial charge in [-0.1, -0.05) is 30.3 Å². The van der Waals surface area contributed by atoms with Crippen molar-refractivity contribution in [3.05, 3.63) is 35.9 Å². The molecule has 0 heterocycles. The maximum Gasteiger partial charge on any atom is 0.302 e. The van der Waals surface area contributed by atoms with E-state index in [-0.39, 0.29) is 17.9 Å². The van der Waals surface area contributed by atoms with Crippen molar-refractivity contribution >= 4 is 17.9 Å². The molecule has 0 unspecified atom stereocenters. The van der Waals surface area contributed by atoms with Crippen molar-refractivity contribution in [2.24, 2.45) is 5.41 Å². The van der Waals surface area contributed by atoms with Crippen LogP contribution in [0, 0.1) is 5.41 Å². The molecule has 198 valence electrons. The molecule has 9 heteroatoms. The number of esters is 3. The summed E-state index contributed by atoms with van der Waals surface area (Å²) >= 11 is 0. The number of carbonyl (C=O) groups excluding carboxylic acids is 3. The summed E-state index contributed by atoms with van der Waals surface area (Å²) in [5.41, 5.74) is 0.661. The van der Waals surface area contributed by atoms with Crippen LogP contribution >= 0.6 is 0 Å². The van der Waals surface area contributed by atoms with E-state index in [1.54, 1.807) is 0 Å². The quantitative estimate of drug-likeness (QED) is 0.153. The SMILES string of the molecule is CC(=O)OCCCOCC(COCCCOC(C)=O)(COCCCOC(C)=O)Cc1ccccc1. The molecule has 0 saturated carbocycles. The zero-order chi connectivity index (χ0) is 25.8. The standard InChI is InChI=1S/C26H40O9/c1-22(27)33-15-7-12-30-19-26(18-25-10-5-4-6-11-25,20-31-13-8-16-34-23(2)28)21-32-14-9-17-35-24(3)29/h4-6,10-11H,7-9,12-21H2,1-3H3. The summed E-state index contributed by atoms with van der Waals surface area (Å²) in [6, 6.07) is 10.0. The van der Waals surface area contributed by atoms with Crippen molar-refractivity contribution in [1.82, 2.24) is 0 Å². The second-order valence-electron chi connectivity index (χ2n) is 8.40. The van der Waals surface area contributed by atoms with Crippen LogP contribution in [0.2, 0.25) is 0 Å². The second kappa shape index (κ2) is 18.8. The van der Waals surface area contributed by atoms with Gasteiger partial charge in [-0.2, -0.15) is 0 Å². The van der Waals surface area contributed by atoms with Gasteiger partial charge in [-0.3, -0.25) is 14.4 Å². The molecule has 0 aromatic heterocycles. The van der Waals surface area contributed by atoms with Crippen LogP contribution in [-0.4, -0.2) is 77.4 Å². The number of carbonyl (C=O) groups is 3. The van der Waals surface area contributed by atoms with Crippen LogP contribution in [-0.2, 0) is 49.2 Å². The van der Waals surface area contributed by atoms with E-state index in [1.807, 2.05) is 18.2 Å². The molecule has 0 amide bonds. The van der Waals surface area contributed by atoms with E-state index >= 15 is 0 Å². The molecular weight excluding hydrogens is 456 g/mol. The van der Waals surface area contributed by atoms with Gasteiger partial charge in [0.15, 0.2) is 0 Å². The van der Waals surface area contributed by atoms with Crippen molar-refractivity contribution in [2.75, 3.05) is 59.5 Å². The van der Waals surface area contributed by atoms with Crippen LogP contribution in [0.3, 0.4) is 0 Å². The van der Waals surface area contributed by atoms with Gasteiger partial charge in [0.1, 0.15) is 0 Å². The minimum absolute atomic E-state index is 0.306. The lowest BCUT2D eigenvalue weighted by Gasteiger charge is -2.33. The first-order valence-electron chi connectivity index (χ1n) is 12.0. The van der Waals surface area contributed by atoms with Gasteiger partial charge in [-0.05, 0) is 12.0 Å². The van der Waals surface area contributed by atoms with Crippen LogP contribution < -0.4 is 0 Å². The van der Waals surface area contributed by atoms with E-state index in [2.05, 4.69) is 12.1 Å². The van der Waals surface area contributed by atoms with Crippen LogP contribution in [0.15, 0.2) is 30.3 Å². The highest BCUT2D eigenvalue weighted by Gasteiger charge is 2.32. The van der Waals surface area contributed by atoms with Crippen molar-refractivity contribution in [2.45, 2.75) is 46.5 Å². The van der Waals surface area contributed by atoms with E-state index in [0.717, 1.165) is 5.56 Å². The normalized spacial score (nSPS) is 11.2. The fourth-order valence-electron chi connectivity index (χ4n) is 3.30. The predicted molar refractivity (Wildman–Crippen MR) is 129 cm³/mol. The molecule has 0 bridgehead atoms. The third kappa shape index (κ3) is 16.7. The number of ether oxygens (including phenoxy) is 6. The monoisotopic (exact) mass is 496 g/mol. The highest BCUT2D eigenvalue weighted by atomic mass is 16.5. The first-order valence-corrected chi connectivity index (χ1v) is 12.0. The van der Waals surface area contributed by atoms with Crippen LogP contribution in [0.25, 0.3) is 0 Å². The average molecular weight is 497 g/mol. The van der Waals surface area contributed by atoms with Gasteiger partial charge in [0.25, 0.3) is 0 Å². The molecule has 35 heavy (non-hydrogen) atoms. The Morgan fingerprint density at radius 3 is 1.31 bits per heavy atom. The van der Waals surface area contributed by atoms with Crippen LogP contribution in [0.1, 0.15) is 45.6 Å². The van der Waals surface area contributed by atoms with E-state index in [9.17, 15) is 14.4 Å². The minimum Gasteiger partial charge on any atom is -0.466 e. The third-order valence-corrected chi connectivity index (χ3v) is 4.86. The lowest BCUT2D eigenvalue weighted by molar-refractivity contribution is -0.142. The smallest absolute Gasteiger partial charge is 0.302 e. The van der Waals surface area contributed by atoms with E-state index in [4.69, 9.17) is 28.4 Å². The summed E-state index contributed by atoms with van der Waals surface area (Å²) in [5.74, 6) is -0.937. The summed E-state index contributed by atoms with van der Waals surface area (Å²) < 4.78 is 32.9. The summed E-state index contributed by atoms with van der Waals surface area (Å²) in [4.78, 5) is 32.8. The summed E-state index contributed by atoms with van der Waals surface area (Å²) in [5, 5.41) is 0.